The molecule has 1 fully saturated rings. The zero-order valence-electron chi connectivity index (χ0n) is 19.6. The van der Waals surface area contributed by atoms with E-state index in [-0.39, 0.29) is 12.6 Å². The summed E-state index contributed by atoms with van der Waals surface area (Å²) in [4.78, 5) is 9.75. The summed E-state index contributed by atoms with van der Waals surface area (Å²) in [7, 11) is 1.79. The summed E-state index contributed by atoms with van der Waals surface area (Å²) in [6.07, 6.45) is 0.350. The normalized spacial score (nSPS) is 16.7. The van der Waals surface area contributed by atoms with Gasteiger partial charge in [0.15, 0.2) is 11.6 Å². The number of nitrogens with zero attached hydrogens (tertiary/aromatic N) is 4. The number of aromatic nitrogens is 4. The monoisotopic (exact) mass is 452 g/mol. The van der Waals surface area contributed by atoms with Gasteiger partial charge >= 0.3 is 0 Å². The fraction of sp³-hybridized carbons (Fsp3) is 0.458. The van der Waals surface area contributed by atoms with Crippen molar-refractivity contribution in [2.75, 3.05) is 38.7 Å². The molecule has 0 saturated carbocycles. The van der Waals surface area contributed by atoms with Crippen molar-refractivity contribution in [1.29, 1.82) is 0 Å². The van der Waals surface area contributed by atoms with Crippen LogP contribution in [0, 0.1) is 20.8 Å². The summed E-state index contributed by atoms with van der Waals surface area (Å²) >= 11 is 0. The first-order valence-corrected chi connectivity index (χ1v) is 11.3. The van der Waals surface area contributed by atoms with Crippen LogP contribution in [-0.4, -0.2) is 70.4 Å². The zero-order valence-corrected chi connectivity index (χ0v) is 19.6. The third-order valence-corrected chi connectivity index (χ3v) is 5.58. The van der Waals surface area contributed by atoms with Crippen molar-refractivity contribution in [3.63, 3.8) is 0 Å². The van der Waals surface area contributed by atoms with Crippen LogP contribution in [0.15, 0.2) is 30.3 Å². The number of aliphatic hydroxyl groups excluding tert-OH is 1. The van der Waals surface area contributed by atoms with Crippen LogP contribution in [-0.2, 0) is 4.74 Å². The van der Waals surface area contributed by atoms with E-state index in [1.54, 1.807) is 7.05 Å². The summed E-state index contributed by atoms with van der Waals surface area (Å²) in [6, 6.07) is 9.85. The van der Waals surface area contributed by atoms with E-state index in [4.69, 9.17) is 19.4 Å². The number of aryl methyl sites for hydroxylation is 2. The van der Waals surface area contributed by atoms with Crippen LogP contribution in [0.1, 0.15) is 23.4 Å². The molecule has 0 bridgehead atoms. The number of likely N-dealkylation sites (N-methyl/N-ethyl adjacent to an activating group) is 1. The Bertz CT molecular complexity index is 1090. The van der Waals surface area contributed by atoms with Gasteiger partial charge in [-0.05, 0) is 52.4 Å². The molecule has 0 spiro atoms. The lowest BCUT2D eigenvalue weighted by molar-refractivity contribution is 0.108. The van der Waals surface area contributed by atoms with Crippen molar-refractivity contribution in [1.82, 2.24) is 25.1 Å². The highest BCUT2D eigenvalue weighted by Crippen LogP contribution is 2.28. The first kappa shape index (κ1) is 23.2. The highest BCUT2D eigenvalue weighted by molar-refractivity contribution is 5.64. The molecule has 3 aromatic rings. The van der Waals surface area contributed by atoms with Crippen LogP contribution >= 0.6 is 0 Å². The average molecular weight is 453 g/mol. The Morgan fingerprint density at radius 2 is 2.09 bits per heavy atom. The highest BCUT2D eigenvalue weighted by atomic mass is 16.5. The minimum Gasteiger partial charge on any atom is -0.491 e. The lowest BCUT2D eigenvalue weighted by Crippen LogP contribution is -2.29. The van der Waals surface area contributed by atoms with Crippen molar-refractivity contribution in [2.45, 2.75) is 39.3 Å². The maximum absolute atomic E-state index is 9.95. The van der Waals surface area contributed by atoms with Crippen LogP contribution in [0.25, 0.3) is 17.2 Å². The second-order valence-electron chi connectivity index (χ2n) is 8.44. The van der Waals surface area contributed by atoms with E-state index >= 15 is 0 Å². The molecule has 3 N–H and O–H groups in total. The number of rotatable bonds is 9. The predicted octanol–water partition coefficient (Wildman–Crippen LogP) is 2.41. The van der Waals surface area contributed by atoms with Crippen molar-refractivity contribution >= 4 is 5.82 Å². The van der Waals surface area contributed by atoms with Gasteiger partial charge < -0.3 is 25.2 Å². The first-order valence-electron chi connectivity index (χ1n) is 11.3. The van der Waals surface area contributed by atoms with Crippen molar-refractivity contribution in [3.05, 3.63) is 47.3 Å². The highest BCUT2D eigenvalue weighted by Gasteiger charge is 2.21. The Morgan fingerprint density at radius 1 is 1.24 bits per heavy atom. The number of hydrogen-bond donors (Lipinski definition) is 3. The number of anilines is 1. The van der Waals surface area contributed by atoms with Gasteiger partial charge in [0.25, 0.3) is 0 Å². The standard InChI is InChI=1S/C24H32N6O3/c1-15-10-16(2)30(29-15)24-17(3)22(26-19-8-9-32-13-19)27-23(28-24)18-6-5-7-21(11-18)33-14-20(31)12-25-4/h5-7,10-11,19-20,25,31H,8-9,12-14H2,1-4H3,(H,26,27,28)/t19-,20?/m0/s1. The van der Waals surface area contributed by atoms with Gasteiger partial charge in [0, 0.05) is 30.0 Å². The van der Waals surface area contributed by atoms with E-state index < -0.39 is 6.10 Å². The van der Waals surface area contributed by atoms with Crippen molar-refractivity contribution in [2.24, 2.45) is 0 Å². The van der Waals surface area contributed by atoms with Gasteiger partial charge in [-0.25, -0.2) is 14.6 Å². The van der Waals surface area contributed by atoms with Crippen LogP contribution in [0.2, 0.25) is 0 Å². The topological polar surface area (TPSA) is 106 Å². The van der Waals surface area contributed by atoms with E-state index in [2.05, 4.69) is 15.7 Å². The lowest BCUT2D eigenvalue weighted by atomic mass is 10.1. The Balaban J connectivity index is 1.70. The number of ether oxygens (including phenoxy) is 2. The summed E-state index contributed by atoms with van der Waals surface area (Å²) in [5.74, 6) is 2.74. The van der Waals surface area contributed by atoms with Gasteiger partial charge in [0.05, 0.1) is 18.3 Å². The summed E-state index contributed by atoms with van der Waals surface area (Å²) in [5, 5.41) is 21.1. The van der Waals surface area contributed by atoms with Gasteiger partial charge in [-0.1, -0.05) is 12.1 Å². The second kappa shape index (κ2) is 10.3. The largest absolute Gasteiger partial charge is 0.491 e. The first-order chi connectivity index (χ1) is 15.9. The van der Waals surface area contributed by atoms with Crippen LogP contribution < -0.4 is 15.4 Å². The van der Waals surface area contributed by atoms with E-state index in [0.29, 0.717) is 24.7 Å². The molecule has 1 aromatic carbocycles. The second-order valence-corrected chi connectivity index (χ2v) is 8.44. The average Bonchev–Trinajstić information content (AvgIpc) is 3.43. The molecule has 33 heavy (non-hydrogen) atoms. The molecule has 3 heterocycles. The summed E-state index contributed by atoms with van der Waals surface area (Å²) in [6.45, 7) is 8.07. The molecule has 1 aliphatic rings. The summed E-state index contributed by atoms with van der Waals surface area (Å²) < 4.78 is 13.2. The molecule has 2 aromatic heterocycles. The minimum absolute atomic E-state index is 0.199. The van der Waals surface area contributed by atoms with Gasteiger partial charge in [-0.3, -0.25) is 0 Å². The smallest absolute Gasteiger partial charge is 0.164 e. The molecule has 9 nitrogen and oxygen atoms in total. The molecule has 9 heteroatoms. The third kappa shape index (κ3) is 5.50. The van der Waals surface area contributed by atoms with Crippen LogP contribution in [0.4, 0.5) is 5.82 Å². The lowest BCUT2D eigenvalue weighted by Gasteiger charge is -2.18. The van der Waals surface area contributed by atoms with E-state index in [9.17, 15) is 5.11 Å². The molecule has 0 aliphatic carbocycles. The maximum Gasteiger partial charge on any atom is 0.164 e. The van der Waals surface area contributed by atoms with Crippen molar-refractivity contribution < 1.29 is 14.6 Å². The third-order valence-electron chi connectivity index (χ3n) is 5.58. The number of hydrogen-bond acceptors (Lipinski definition) is 8. The molecule has 1 aliphatic heterocycles. The number of benzene rings is 1. The SMILES string of the molecule is CNCC(O)COc1cccc(-c2nc(N[C@H]3CCOC3)c(C)c(-n3nc(C)cc3C)n2)c1. The molecular formula is C24H32N6O3. The quantitative estimate of drug-likeness (QED) is 0.455. The molecule has 0 amide bonds. The minimum atomic E-state index is -0.587. The molecular weight excluding hydrogens is 420 g/mol. The Morgan fingerprint density at radius 3 is 2.79 bits per heavy atom. The molecule has 176 valence electrons. The molecule has 0 radical (unpaired) electrons. The zero-order chi connectivity index (χ0) is 23.4. The van der Waals surface area contributed by atoms with Crippen molar-refractivity contribution in [3.8, 4) is 23.0 Å². The Kier molecular flexibility index (Phi) is 7.22. The van der Waals surface area contributed by atoms with E-state index in [0.717, 1.165) is 47.2 Å². The fourth-order valence-corrected chi connectivity index (χ4v) is 3.88. The predicted molar refractivity (Wildman–Crippen MR) is 127 cm³/mol. The molecule has 1 unspecified atom stereocenters. The van der Waals surface area contributed by atoms with Crippen LogP contribution in [0.3, 0.4) is 0 Å². The van der Waals surface area contributed by atoms with E-state index in [1.807, 2.05) is 55.8 Å². The number of nitrogens with one attached hydrogen (secondary N) is 2. The maximum atomic E-state index is 9.95. The van der Waals surface area contributed by atoms with Gasteiger partial charge in [-0.15, -0.1) is 0 Å². The van der Waals surface area contributed by atoms with Crippen LogP contribution in [0.5, 0.6) is 5.75 Å². The van der Waals surface area contributed by atoms with Gasteiger partial charge in [0.2, 0.25) is 0 Å². The van der Waals surface area contributed by atoms with Gasteiger partial charge in [0.1, 0.15) is 24.3 Å². The fourth-order valence-electron chi connectivity index (χ4n) is 3.88. The Labute approximate surface area is 194 Å². The van der Waals surface area contributed by atoms with E-state index in [1.165, 1.54) is 0 Å². The molecule has 1 saturated heterocycles. The summed E-state index contributed by atoms with van der Waals surface area (Å²) in [5.41, 5.74) is 3.69. The number of aliphatic hydroxyl groups is 1. The Hall–Kier alpha value is -3.01. The van der Waals surface area contributed by atoms with Gasteiger partial charge in [-0.2, -0.15) is 5.10 Å². The molecule has 4 rings (SSSR count). The molecule has 2 atom stereocenters.